The first-order chi connectivity index (χ1) is 9.16. The van der Waals surface area contributed by atoms with Crippen LogP contribution in [0.25, 0.3) is 16.5 Å². The number of nitrogens with zero attached hydrogens (tertiary/aromatic N) is 3. The molecule has 0 aliphatic carbocycles. The molecule has 0 unspecified atom stereocenters. The van der Waals surface area contributed by atoms with Crippen molar-refractivity contribution < 1.29 is 9.90 Å². The van der Waals surface area contributed by atoms with Gasteiger partial charge in [-0.15, -0.1) is 5.10 Å². The van der Waals surface area contributed by atoms with E-state index in [1.165, 1.54) is 4.68 Å². The molecule has 1 heterocycles. The largest absolute Gasteiger partial charge is 0.476 e. The van der Waals surface area contributed by atoms with Crippen LogP contribution in [-0.4, -0.2) is 26.1 Å². The zero-order valence-electron chi connectivity index (χ0n) is 10.2. The lowest BCUT2D eigenvalue weighted by Crippen LogP contribution is -2.02. The Morgan fingerprint density at radius 1 is 1.16 bits per heavy atom. The Kier molecular flexibility index (Phi) is 2.52. The standard InChI is InChI=1S/C14H11N3O2/c1-9-13(14(18)19)15-16-17(9)12-7-6-10-4-2-3-5-11(10)8-12/h2-8H,1H3,(H,18,19). The summed E-state index contributed by atoms with van der Waals surface area (Å²) in [6.45, 7) is 1.69. The number of aromatic carboxylic acids is 1. The minimum absolute atomic E-state index is 0.0202. The van der Waals surface area contributed by atoms with E-state index in [4.69, 9.17) is 5.11 Å². The number of carboxylic acids is 1. The summed E-state index contributed by atoms with van der Waals surface area (Å²) in [6, 6.07) is 13.8. The van der Waals surface area contributed by atoms with Gasteiger partial charge in [0.2, 0.25) is 0 Å². The highest BCUT2D eigenvalue weighted by Gasteiger charge is 2.15. The highest BCUT2D eigenvalue weighted by molar-refractivity contribution is 5.87. The Labute approximate surface area is 109 Å². The molecule has 0 radical (unpaired) electrons. The third kappa shape index (κ3) is 1.85. The van der Waals surface area contributed by atoms with E-state index < -0.39 is 5.97 Å². The zero-order valence-corrected chi connectivity index (χ0v) is 10.2. The summed E-state index contributed by atoms with van der Waals surface area (Å²) < 4.78 is 1.54. The maximum absolute atomic E-state index is 11.0. The summed E-state index contributed by atoms with van der Waals surface area (Å²) in [5, 5.41) is 18.8. The minimum atomic E-state index is -1.07. The molecule has 0 fully saturated rings. The third-order valence-corrected chi connectivity index (χ3v) is 3.07. The monoisotopic (exact) mass is 253 g/mol. The van der Waals surface area contributed by atoms with Crippen LogP contribution in [0, 0.1) is 6.92 Å². The second kappa shape index (κ2) is 4.20. The molecule has 3 aromatic rings. The van der Waals surface area contributed by atoms with E-state index in [2.05, 4.69) is 10.3 Å². The van der Waals surface area contributed by atoms with Gasteiger partial charge in [-0.25, -0.2) is 9.48 Å². The van der Waals surface area contributed by atoms with Crippen molar-refractivity contribution in [2.75, 3.05) is 0 Å². The van der Waals surface area contributed by atoms with Gasteiger partial charge in [0.1, 0.15) is 0 Å². The van der Waals surface area contributed by atoms with E-state index in [0.29, 0.717) is 5.69 Å². The van der Waals surface area contributed by atoms with E-state index in [0.717, 1.165) is 16.5 Å². The fraction of sp³-hybridized carbons (Fsp3) is 0.0714. The molecule has 0 atom stereocenters. The molecule has 0 aliphatic rings. The second-order valence-corrected chi connectivity index (χ2v) is 4.27. The summed E-state index contributed by atoms with van der Waals surface area (Å²) in [5.41, 5.74) is 1.30. The molecule has 94 valence electrons. The smallest absolute Gasteiger partial charge is 0.358 e. The highest BCUT2D eigenvalue weighted by atomic mass is 16.4. The van der Waals surface area contributed by atoms with Gasteiger partial charge in [-0.3, -0.25) is 0 Å². The van der Waals surface area contributed by atoms with Gasteiger partial charge in [0.15, 0.2) is 5.69 Å². The lowest BCUT2D eigenvalue weighted by molar-refractivity contribution is 0.0689. The number of carbonyl (C=O) groups is 1. The van der Waals surface area contributed by atoms with Crippen molar-refractivity contribution in [1.82, 2.24) is 15.0 Å². The molecule has 1 aromatic heterocycles. The van der Waals surface area contributed by atoms with Crippen LogP contribution in [0.4, 0.5) is 0 Å². The van der Waals surface area contributed by atoms with Crippen LogP contribution in [-0.2, 0) is 0 Å². The molecule has 1 N–H and O–H groups in total. The summed E-state index contributed by atoms with van der Waals surface area (Å²) in [5.74, 6) is -1.07. The lowest BCUT2D eigenvalue weighted by Gasteiger charge is -2.05. The molecule has 5 heteroatoms. The first kappa shape index (κ1) is 11.4. The molecular weight excluding hydrogens is 242 g/mol. The molecular formula is C14H11N3O2. The quantitative estimate of drug-likeness (QED) is 0.761. The van der Waals surface area contributed by atoms with Crippen molar-refractivity contribution in [2.24, 2.45) is 0 Å². The van der Waals surface area contributed by atoms with Crippen LogP contribution in [0.5, 0.6) is 0 Å². The van der Waals surface area contributed by atoms with Crippen molar-refractivity contribution in [3.8, 4) is 5.69 Å². The minimum Gasteiger partial charge on any atom is -0.476 e. The van der Waals surface area contributed by atoms with Crippen LogP contribution in [0.1, 0.15) is 16.2 Å². The Hall–Kier alpha value is -2.69. The van der Waals surface area contributed by atoms with E-state index >= 15 is 0 Å². The maximum atomic E-state index is 11.0. The Morgan fingerprint density at radius 2 is 1.89 bits per heavy atom. The van der Waals surface area contributed by atoms with E-state index in [-0.39, 0.29) is 5.69 Å². The first-order valence-electron chi connectivity index (χ1n) is 5.81. The van der Waals surface area contributed by atoms with E-state index in [1.807, 2.05) is 42.5 Å². The molecule has 0 spiro atoms. The number of aromatic nitrogens is 3. The zero-order chi connectivity index (χ0) is 13.4. The third-order valence-electron chi connectivity index (χ3n) is 3.07. The van der Waals surface area contributed by atoms with Gasteiger partial charge in [-0.1, -0.05) is 35.5 Å². The van der Waals surface area contributed by atoms with Gasteiger partial charge < -0.3 is 5.11 Å². The number of hydrogen-bond donors (Lipinski definition) is 1. The Balaban J connectivity index is 2.16. The average molecular weight is 253 g/mol. The van der Waals surface area contributed by atoms with Crippen LogP contribution >= 0.6 is 0 Å². The number of fused-ring (bicyclic) bond motifs is 1. The second-order valence-electron chi connectivity index (χ2n) is 4.27. The van der Waals surface area contributed by atoms with Gasteiger partial charge in [-0.05, 0) is 29.8 Å². The summed E-state index contributed by atoms with van der Waals surface area (Å²) >= 11 is 0. The highest BCUT2D eigenvalue weighted by Crippen LogP contribution is 2.19. The van der Waals surface area contributed by atoms with Crippen LogP contribution in [0.3, 0.4) is 0 Å². The van der Waals surface area contributed by atoms with Crippen LogP contribution in [0.15, 0.2) is 42.5 Å². The lowest BCUT2D eigenvalue weighted by atomic mass is 10.1. The Morgan fingerprint density at radius 3 is 2.58 bits per heavy atom. The predicted octanol–water partition coefficient (Wildman–Crippen LogP) is 2.43. The van der Waals surface area contributed by atoms with Gasteiger partial charge in [0.25, 0.3) is 0 Å². The van der Waals surface area contributed by atoms with Crippen molar-refractivity contribution in [2.45, 2.75) is 6.92 Å². The van der Waals surface area contributed by atoms with Gasteiger partial charge in [0.05, 0.1) is 11.4 Å². The molecule has 0 amide bonds. The molecule has 0 aliphatic heterocycles. The van der Waals surface area contributed by atoms with Crippen molar-refractivity contribution in [3.63, 3.8) is 0 Å². The molecule has 2 aromatic carbocycles. The van der Waals surface area contributed by atoms with Gasteiger partial charge >= 0.3 is 5.97 Å². The van der Waals surface area contributed by atoms with E-state index in [9.17, 15) is 4.79 Å². The molecule has 0 bridgehead atoms. The molecule has 3 rings (SSSR count). The maximum Gasteiger partial charge on any atom is 0.358 e. The number of benzene rings is 2. The number of hydrogen-bond acceptors (Lipinski definition) is 3. The summed E-state index contributed by atoms with van der Waals surface area (Å²) in [4.78, 5) is 11.0. The topological polar surface area (TPSA) is 68.0 Å². The van der Waals surface area contributed by atoms with Crippen LogP contribution in [0.2, 0.25) is 0 Å². The Bertz CT molecular complexity index is 777. The number of carboxylic acid groups (broad SMARTS) is 1. The fourth-order valence-electron chi connectivity index (χ4n) is 2.08. The van der Waals surface area contributed by atoms with Crippen molar-refractivity contribution in [3.05, 3.63) is 53.9 Å². The molecule has 19 heavy (non-hydrogen) atoms. The molecule has 0 saturated heterocycles. The van der Waals surface area contributed by atoms with Gasteiger partial charge in [-0.2, -0.15) is 0 Å². The van der Waals surface area contributed by atoms with Gasteiger partial charge in [0, 0.05) is 0 Å². The molecule has 5 nitrogen and oxygen atoms in total. The first-order valence-corrected chi connectivity index (χ1v) is 5.81. The number of rotatable bonds is 2. The summed E-state index contributed by atoms with van der Waals surface area (Å²) in [6.07, 6.45) is 0. The fourth-order valence-corrected chi connectivity index (χ4v) is 2.08. The average Bonchev–Trinajstić information content (AvgIpc) is 2.80. The predicted molar refractivity (Wildman–Crippen MR) is 70.6 cm³/mol. The van der Waals surface area contributed by atoms with Crippen molar-refractivity contribution >= 4 is 16.7 Å². The molecule has 0 saturated carbocycles. The van der Waals surface area contributed by atoms with Crippen LogP contribution < -0.4 is 0 Å². The van der Waals surface area contributed by atoms with Crippen molar-refractivity contribution in [1.29, 1.82) is 0 Å². The van der Waals surface area contributed by atoms with E-state index in [1.54, 1.807) is 6.92 Å². The normalized spacial score (nSPS) is 10.8. The summed E-state index contributed by atoms with van der Waals surface area (Å²) in [7, 11) is 0. The SMILES string of the molecule is Cc1c(C(=O)O)nnn1-c1ccc2ccccc2c1.